The standard InChI is InChI=1S/2C16H14N2O2S.Zn/c2*1-12-7-9-14(10-8-12)21(19,20)18-15-6-2-4-13-5-3-11-17-16(13)15;/h2*2-11,18H,1H3;. The smallest absolute Gasteiger partial charge is 0.261 e. The van der Waals surface area contributed by atoms with E-state index in [1.807, 2.05) is 50.2 Å². The second-order valence-electron chi connectivity index (χ2n) is 9.60. The Hall–Kier alpha value is -4.18. The van der Waals surface area contributed by atoms with E-state index in [4.69, 9.17) is 0 Å². The Morgan fingerprint density at radius 2 is 0.837 bits per heavy atom. The van der Waals surface area contributed by atoms with Crippen LogP contribution in [0.15, 0.2) is 131 Å². The number of pyridine rings is 2. The maximum Gasteiger partial charge on any atom is 0.261 e. The van der Waals surface area contributed by atoms with E-state index in [1.54, 1.807) is 85.2 Å². The minimum absolute atomic E-state index is 0. The fraction of sp³-hybridized carbons (Fsp3) is 0.0625. The van der Waals surface area contributed by atoms with Crippen molar-refractivity contribution in [2.24, 2.45) is 0 Å². The number of para-hydroxylation sites is 2. The summed E-state index contributed by atoms with van der Waals surface area (Å²) in [6.07, 6.45) is 3.29. The number of aromatic nitrogens is 2. The molecule has 0 aliphatic rings. The van der Waals surface area contributed by atoms with Crippen LogP contribution in [0.1, 0.15) is 11.1 Å². The maximum absolute atomic E-state index is 12.4. The van der Waals surface area contributed by atoms with Crippen molar-refractivity contribution in [2.75, 3.05) is 9.44 Å². The van der Waals surface area contributed by atoms with Gasteiger partial charge in [-0.15, -0.1) is 0 Å². The quantitative estimate of drug-likeness (QED) is 0.192. The topological polar surface area (TPSA) is 118 Å². The third-order valence-corrected chi connectivity index (χ3v) is 9.18. The van der Waals surface area contributed by atoms with Gasteiger partial charge in [0.25, 0.3) is 20.0 Å². The Balaban J connectivity index is 0.000000192. The number of benzene rings is 4. The van der Waals surface area contributed by atoms with Crippen LogP contribution in [0.2, 0.25) is 0 Å². The second-order valence-corrected chi connectivity index (χ2v) is 13.0. The first-order valence-corrected chi connectivity index (χ1v) is 16.0. The first-order valence-electron chi connectivity index (χ1n) is 13.0. The average Bonchev–Trinajstić information content (AvgIpc) is 2.98. The zero-order valence-electron chi connectivity index (χ0n) is 23.6. The van der Waals surface area contributed by atoms with E-state index < -0.39 is 20.0 Å². The summed E-state index contributed by atoms with van der Waals surface area (Å²) in [7, 11) is -7.22. The molecule has 6 aromatic rings. The molecule has 2 heterocycles. The fourth-order valence-electron chi connectivity index (χ4n) is 4.22. The number of fused-ring (bicyclic) bond motifs is 2. The van der Waals surface area contributed by atoms with Gasteiger partial charge in [-0.25, -0.2) is 16.8 Å². The molecule has 0 aliphatic carbocycles. The van der Waals surface area contributed by atoms with Crippen LogP contribution in [0.5, 0.6) is 0 Å². The van der Waals surface area contributed by atoms with Crippen molar-refractivity contribution in [3.63, 3.8) is 0 Å². The van der Waals surface area contributed by atoms with Gasteiger partial charge >= 0.3 is 0 Å². The molecule has 6 rings (SSSR count). The van der Waals surface area contributed by atoms with Gasteiger partial charge in [-0.1, -0.05) is 71.8 Å². The van der Waals surface area contributed by atoms with Gasteiger partial charge in [-0.3, -0.25) is 19.4 Å². The molecule has 0 unspecified atom stereocenters. The van der Waals surface area contributed by atoms with Crippen molar-refractivity contribution in [1.82, 2.24) is 9.97 Å². The van der Waals surface area contributed by atoms with E-state index in [0.29, 0.717) is 22.4 Å². The van der Waals surface area contributed by atoms with Crippen molar-refractivity contribution >= 4 is 53.2 Å². The molecule has 43 heavy (non-hydrogen) atoms. The molecule has 8 nitrogen and oxygen atoms in total. The van der Waals surface area contributed by atoms with Gasteiger partial charge in [-0.2, -0.15) is 0 Å². The monoisotopic (exact) mass is 660 g/mol. The van der Waals surface area contributed by atoms with E-state index in [9.17, 15) is 16.8 Å². The number of anilines is 2. The number of aryl methyl sites for hydroxylation is 2. The minimum Gasteiger partial charge on any atom is -0.277 e. The normalized spacial score (nSPS) is 11.2. The van der Waals surface area contributed by atoms with Gasteiger partial charge in [0.1, 0.15) is 0 Å². The van der Waals surface area contributed by atoms with E-state index in [2.05, 4.69) is 19.4 Å². The Labute approximate surface area is 264 Å². The molecular weight excluding hydrogens is 634 g/mol. The van der Waals surface area contributed by atoms with Crippen molar-refractivity contribution in [1.29, 1.82) is 0 Å². The Morgan fingerprint density at radius 1 is 0.488 bits per heavy atom. The average molecular weight is 662 g/mol. The first kappa shape index (κ1) is 31.8. The number of nitrogens with zero attached hydrogens (tertiary/aromatic N) is 2. The molecule has 0 bridgehead atoms. The van der Waals surface area contributed by atoms with Crippen LogP contribution in [0.25, 0.3) is 21.8 Å². The molecule has 0 aliphatic heterocycles. The maximum atomic E-state index is 12.4. The van der Waals surface area contributed by atoms with Crippen LogP contribution in [0.4, 0.5) is 11.4 Å². The van der Waals surface area contributed by atoms with Gasteiger partial charge in [0.2, 0.25) is 0 Å². The second kappa shape index (κ2) is 13.4. The fourth-order valence-corrected chi connectivity index (χ4v) is 6.35. The predicted molar refractivity (Wildman–Crippen MR) is 167 cm³/mol. The van der Waals surface area contributed by atoms with Crippen molar-refractivity contribution in [2.45, 2.75) is 23.6 Å². The Kier molecular flexibility index (Phi) is 9.91. The van der Waals surface area contributed by atoms with E-state index in [-0.39, 0.29) is 29.3 Å². The molecule has 2 N–H and O–H groups in total. The van der Waals surface area contributed by atoms with Gasteiger partial charge < -0.3 is 0 Å². The zero-order chi connectivity index (χ0) is 29.7. The van der Waals surface area contributed by atoms with Crippen LogP contribution in [-0.4, -0.2) is 26.8 Å². The molecule has 0 amide bonds. The summed E-state index contributed by atoms with van der Waals surface area (Å²) in [4.78, 5) is 8.97. The van der Waals surface area contributed by atoms with Crippen molar-refractivity contribution in [3.8, 4) is 0 Å². The SMILES string of the molecule is Cc1ccc(S(=O)(=O)Nc2cccc3cccnc23)cc1.Cc1ccc(S(=O)(=O)Nc2cccc3cccnc23)cc1.[Zn]. The predicted octanol–water partition coefficient (Wildman–Crippen LogP) is 6.69. The molecule has 4 aromatic carbocycles. The molecule has 0 saturated carbocycles. The minimum atomic E-state index is -3.61. The molecular formula is C32H28N4O4S2Zn. The third-order valence-electron chi connectivity index (χ3n) is 6.42. The van der Waals surface area contributed by atoms with Crippen LogP contribution in [0.3, 0.4) is 0 Å². The molecule has 0 spiro atoms. The van der Waals surface area contributed by atoms with Gasteiger partial charge in [0.15, 0.2) is 0 Å². The molecule has 2 aromatic heterocycles. The summed E-state index contributed by atoms with van der Waals surface area (Å²) in [5.74, 6) is 0. The molecule has 11 heteroatoms. The van der Waals surface area contributed by atoms with Crippen molar-refractivity contribution in [3.05, 3.63) is 133 Å². The largest absolute Gasteiger partial charge is 0.277 e. The molecule has 0 saturated heterocycles. The van der Waals surface area contributed by atoms with E-state index in [1.165, 1.54) is 0 Å². The van der Waals surface area contributed by atoms with E-state index >= 15 is 0 Å². The number of nitrogens with one attached hydrogen (secondary N) is 2. The summed E-state index contributed by atoms with van der Waals surface area (Å²) in [5.41, 5.74) is 4.26. The van der Waals surface area contributed by atoms with E-state index in [0.717, 1.165) is 21.9 Å². The van der Waals surface area contributed by atoms with Crippen LogP contribution >= 0.6 is 0 Å². The summed E-state index contributed by atoms with van der Waals surface area (Å²) >= 11 is 0. The number of hydrogen-bond acceptors (Lipinski definition) is 6. The number of sulfonamides is 2. The zero-order valence-corrected chi connectivity index (χ0v) is 28.2. The molecule has 0 fully saturated rings. The van der Waals surface area contributed by atoms with Gasteiger partial charge in [-0.05, 0) is 62.4 Å². The van der Waals surface area contributed by atoms with Crippen LogP contribution in [-0.2, 0) is 39.5 Å². The summed E-state index contributed by atoms with van der Waals surface area (Å²) < 4.78 is 54.9. The Bertz CT molecular complexity index is 1920. The molecule has 0 radical (unpaired) electrons. The Morgan fingerprint density at radius 3 is 1.21 bits per heavy atom. The van der Waals surface area contributed by atoms with Crippen molar-refractivity contribution < 1.29 is 36.3 Å². The summed E-state index contributed by atoms with van der Waals surface area (Å²) in [6.45, 7) is 3.83. The van der Waals surface area contributed by atoms with Crippen LogP contribution in [0, 0.1) is 13.8 Å². The van der Waals surface area contributed by atoms with Crippen LogP contribution < -0.4 is 9.44 Å². The van der Waals surface area contributed by atoms with Gasteiger partial charge in [0.05, 0.1) is 32.2 Å². The third kappa shape index (κ3) is 7.62. The summed E-state index contributed by atoms with van der Waals surface area (Å²) in [6, 6.07) is 31.7. The van der Waals surface area contributed by atoms with Gasteiger partial charge in [0, 0.05) is 42.6 Å². The number of hydrogen-bond donors (Lipinski definition) is 2. The molecule has 214 valence electrons. The first-order chi connectivity index (χ1) is 20.1. The molecule has 0 atom stereocenters. The number of rotatable bonds is 6. The summed E-state index contributed by atoms with van der Waals surface area (Å²) in [5, 5.41) is 1.78.